The highest BCUT2D eigenvalue weighted by molar-refractivity contribution is 5.77. The van der Waals surface area contributed by atoms with Crippen molar-refractivity contribution in [3.63, 3.8) is 0 Å². The molecule has 0 fully saturated rings. The van der Waals surface area contributed by atoms with E-state index in [1.54, 1.807) is 25.6 Å². The third-order valence-corrected chi connectivity index (χ3v) is 1.24. The first kappa shape index (κ1) is 7.65. The van der Waals surface area contributed by atoms with Gasteiger partial charge in [0, 0.05) is 25.6 Å². The minimum absolute atomic E-state index is 0.0505. The van der Waals surface area contributed by atoms with E-state index in [4.69, 9.17) is 0 Å². The lowest BCUT2D eigenvalue weighted by Gasteiger charge is -1.96. The molecule has 0 saturated carbocycles. The van der Waals surface area contributed by atoms with Crippen molar-refractivity contribution in [2.24, 2.45) is 0 Å². The maximum Gasteiger partial charge on any atom is 0.225 e. The van der Waals surface area contributed by atoms with E-state index in [-0.39, 0.29) is 5.91 Å². The molecule has 0 spiro atoms. The van der Waals surface area contributed by atoms with Crippen LogP contribution >= 0.6 is 0 Å². The summed E-state index contributed by atoms with van der Waals surface area (Å²) in [5, 5.41) is 2.51. The molecular weight excluding hydrogens is 142 g/mol. The number of nitrogens with zero attached hydrogens (tertiary/aromatic N) is 2. The van der Waals surface area contributed by atoms with Crippen molar-refractivity contribution in [2.45, 2.75) is 6.42 Å². The Hall–Kier alpha value is -1.45. The quantitative estimate of drug-likeness (QED) is 0.635. The molecule has 1 aromatic heterocycles. The van der Waals surface area contributed by atoms with Crippen LogP contribution in [0.15, 0.2) is 18.6 Å². The van der Waals surface area contributed by atoms with E-state index in [2.05, 4.69) is 15.3 Å². The largest absolute Gasteiger partial charge is 0.359 e. The Morgan fingerprint density at radius 1 is 1.64 bits per heavy atom. The average molecular weight is 151 g/mol. The van der Waals surface area contributed by atoms with Crippen LogP contribution in [0.4, 0.5) is 0 Å². The summed E-state index contributed by atoms with van der Waals surface area (Å²) in [5.74, 6) is -0.0505. The van der Waals surface area contributed by atoms with E-state index in [9.17, 15) is 4.79 Å². The Morgan fingerprint density at radius 3 is 3.00 bits per heavy atom. The minimum atomic E-state index is -0.0505. The molecule has 0 radical (unpaired) electrons. The van der Waals surface area contributed by atoms with Crippen LogP contribution in [0, 0.1) is 0 Å². The maximum atomic E-state index is 10.8. The fraction of sp³-hybridized carbons (Fsp3) is 0.286. The second-order valence-corrected chi connectivity index (χ2v) is 2.05. The third-order valence-electron chi connectivity index (χ3n) is 1.24. The van der Waals surface area contributed by atoms with Crippen molar-refractivity contribution in [1.29, 1.82) is 0 Å². The van der Waals surface area contributed by atoms with Gasteiger partial charge in [-0.1, -0.05) is 0 Å². The lowest BCUT2D eigenvalue weighted by molar-refractivity contribution is -0.120. The monoisotopic (exact) mass is 151 g/mol. The molecule has 0 saturated heterocycles. The molecule has 0 atom stereocenters. The number of nitrogens with one attached hydrogen (secondary N) is 1. The number of carbonyl (C=O) groups excluding carboxylic acids is 1. The lowest BCUT2D eigenvalue weighted by Crippen LogP contribution is -2.20. The smallest absolute Gasteiger partial charge is 0.225 e. The predicted molar refractivity (Wildman–Crippen MR) is 39.8 cm³/mol. The summed E-state index contributed by atoms with van der Waals surface area (Å²) in [7, 11) is 1.60. The fourth-order valence-corrected chi connectivity index (χ4v) is 0.674. The van der Waals surface area contributed by atoms with Gasteiger partial charge in [0.15, 0.2) is 0 Å². The fourth-order valence-electron chi connectivity index (χ4n) is 0.674. The summed E-state index contributed by atoms with van der Waals surface area (Å²) in [6.45, 7) is 0. The molecule has 0 aliphatic rings. The van der Waals surface area contributed by atoms with Crippen molar-refractivity contribution in [2.75, 3.05) is 7.05 Å². The summed E-state index contributed by atoms with van der Waals surface area (Å²) in [5.41, 5.74) is 0.687. The number of rotatable bonds is 2. The number of hydrogen-bond acceptors (Lipinski definition) is 3. The molecular formula is C7H9N3O. The van der Waals surface area contributed by atoms with Gasteiger partial charge in [0.1, 0.15) is 0 Å². The summed E-state index contributed by atoms with van der Waals surface area (Å²) >= 11 is 0. The normalized spacial score (nSPS) is 9.18. The summed E-state index contributed by atoms with van der Waals surface area (Å²) in [4.78, 5) is 18.6. The summed E-state index contributed by atoms with van der Waals surface area (Å²) in [6.07, 6.45) is 5.02. The Bertz CT molecular complexity index is 235. The van der Waals surface area contributed by atoms with Gasteiger partial charge < -0.3 is 5.32 Å². The zero-order chi connectivity index (χ0) is 8.10. The highest BCUT2D eigenvalue weighted by atomic mass is 16.1. The van der Waals surface area contributed by atoms with Crippen LogP contribution in [0.5, 0.6) is 0 Å². The van der Waals surface area contributed by atoms with Crippen LogP contribution in [0.2, 0.25) is 0 Å². The average Bonchev–Trinajstić information content (AvgIpc) is 2.06. The van der Waals surface area contributed by atoms with Crippen LogP contribution in [-0.2, 0) is 11.2 Å². The Kier molecular flexibility index (Phi) is 2.54. The molecule has 4 heteroatoms. The molecule has 1 heterocycles. The van der Waals surface area contributed by atoms with E-state index in [0.717, 1.165) is 0 Å². The molecule has 0 aliphatic heterocycles. The molecule has 1 amide bonds. The first-order valence-corrected chi connectivity index (χ1v) is 3.28. The molecule has 58 valence electrons. The van der Waals surface area contributed by atoms with Gasteiger partial charge in [-0.2, -0.15) is 0 Å². The standard InChI is InChI=1S/C7H9N3O/c1-8-7(11)4-6-5-9-2-3-10-6/h2-3,5H,4H2,1H3,(H,8,11). The molecule has 0 aliphatic carbocycles. The molecule has 1 rings (SSSR count). The first-order valence-electron chi connectivity index (χ1n) is 3.28. The van der Waals surface area contributed by atoms with Crippen molar-refractivity contribution in [1.82, 2.24) is 15.3 Å². The molecule has 1 N–H and O–H groups in total. The van der Waals surface area contributed by atoms with Gasteiger partial charge in [-0.05, 0) is 0 Å². The van der Waals surface area contributed by atoms with E-state index >= 15 is 0 Å². The first-order chi connectivity index (χ1) is 5.33. The highest BCUT2D eigenvalue weighted by Gasteiger charge is 1.99. The summed E-state index contributed by atoms with van der Waals surface area (Å²) in [6, 6.07) is 0. The second kappa shape index (κ2) is 3.65. The van der Waals surface area contributed by atoms with Crippen molar-refractivity contribution >= 4 is 5.91 Å². The minimum Gasteiger partial charge on any atom is -0.359 e. The topological polar surface area (TPSA) is 54.9 Å². The Balaban J connectivity index is 2.58. The summed E-state index contributed by atoms with van der Waals surface area (Å²) < 4.78 is 0. The maximum absolute atomic E-state index is 10.8. The molecule has 0 unspecified atom stereocenters. The van der Waals surface area contributed by atoms with Crippen LogP contribution in [0.3, 0.4) is 0 Å². The molecule has 4 nitrogen and oxygen atoms in total. The van der Waals surface area contributed by atoms with Gasteiger partial charge in [-0.3, -0.25) is 14.8 Å². The van der Waals surface area contributed by atoms with Gasteiger partial charge in [0.2, 0.25) is 5.91 Å². The van der Waals surface area contributed by atoms with E-state index in [1.807, 2.05) is 0 Å². The van der Waals surface area contributed by atoms with Crippen molar-refractivity contribution < 1.29 is 4.79 Å². The van der Waals surface area contributed by atoms with Crippen molar-refractivity contribution in [3.8, 4) is 0 Å². The second-order valence-electron chi connectivity index (χ2n) is 2.05. The lowest BCUT2D eigenvalue weighted by atomic mass is 10.3. The number of likely N-dealkylation sites (N-methyl/N-ethyl adjacent to an activating group) is 1. The van der Waals surface area contributed by atoms with Gasteiger partial charge >= 0.3 is 0 Å². The van der Waals surface area contributed by atoms with Crippen molar-refractivity contribution in [3.05, 3.63) is 24.3 Å². The highest BCUT2D eigenvalue weighted by Crippen LogP contribution is 1.90. The number of amides is 1. The van der Waals surface area contributed by atoms with E-state index in [0.29, 0.717) is 12.1 Å². The predicted octanol–water partition coefficient (Wildman–Crippen LogP) is -0.235. The van der Waals surface area contributed by atoms with Crippen LogP contribution < -0.4 is 5.32 Å². The van der Waals surface area contributed by atoms with Crippen LogP contribution in [-0.4, -0.2) is 22.9 Å². The Labute approximate surface area is 64.7 Å². The van der Waals surface area contributed by atoms with Gasteiger partial charge in [0.25, 0.3) is 0 Å². The van der Waals surface area contributed by atoms with Gasteiger partial charge in [-0.25, -0.2) is 0 Å². The molecule has 0 bridgehead atoms. The van der Waals surface area contributed by atoms with Gasteiger partial charge in [-0.15, -0.1) is 0 Å². The number of aromatic nitrogens is 2. The Morgan fingerprint density at radius 2 is 2.45 bits per heavy atom. The zero-order valence-corrected chi connectivity index (χ0v) is 6.24. The van der Waals surface area contributed by atoms with E-state index in [1.165, 1.54) is 0 Å². The van der Waals surface area contributed by atoms with Crippen LogP contribution in [0.1, 0.15) is 5.69 Å². The number of hydrogen-bond donors (Lipinski definition) is 1. The van der Waals surface area contributed by atoms with Crippen LogP contribution in [0.25, 0.3) is 0 Å². The van der Waals surface area contributed by atoms with Gasteiger partial charge in [0.05, 0.1) is 12.1 Å². The SMILES string of the molecule is CNC(=O)Cc1cnccn1. The zero-order valence-electron chi connectivity index (χ0n) is 6.24. The number of carbonyl (C=O) groups is 1. The molecule has 0 aromatic carbocycles. The third kappa shape index (κ3) is 2.33. The van der Waals surface area contributed by atoms with E-state index < -0.39 is 0 Å². The molecule has 1 aromatic rings. The molecule has 11 heavy (non-hydrogen) atoms.